The molecule has 3 aliphatic rings. The van der Waals surface area contributed by atoms with Gasteiger partial charge in [-0.2, -0.15) is 5.26 Å². The van der Waals surface area contributed by atoms with E-state index in [0.29, 0.717) is 24.1 Å². The molecule has 6 nitrogen and oxygen atoms in total. The van der Waals surface area contributed by atoms with Gasteiger partial charge in [0.2, 0.25) is 0 Å². The molecule has 2 N–H and O–H groups in total. The first kappa shape index (κ1) is 22.2. The number of aliphatic imine (C=N–C) groups is 1. The highest BCUT2D eigenvalue weighted by Gasteiger charge is 2.59. The van der Waals surface area contributed by atoms with Crippen LogP contribution in [0.1, 0.15) is 38.7 Å². The van der Waals surface area contributed by atoms with Gasteiger partial charge in [0.05, 0.1) is 17.4 Å². The van der Waals surface area contributed by atoms with Gasteiger partial charge in [0.25, 0.3) is 0 Å². The van der Waals surface area contributed by atoms with Gasteiger partial charge < -0.3 is 20.3 Å². The third-order valence-corrected chi connectivity index (χ3v) is 6.74. The number of nitrogens with zero attached hydrogens (tertiary/aromatic N) is 3. The number of rotatable bonds is 3. The summed E-state index contributed by atoms with van der Waals surface area (Å²) in [4.78, 5) is 6.82. The maximum absolute atomic E-state index is 9.42. The van der Waals surface area contributed by atoms with Crippen molar-refractivity contribution in [3.63, 3.8) is 0 Å². The van der Waals surface area contributed by atoms with Crippen LogP contribution in [-0.2, 0) is 4.74 Å². The number of hydrogen-bond acceptors (Lipinski definition) is 4. The number of ether oxygens (including phenoxy) is 1. The molecule has 4 unspecified atom stereocenters. The number of para-hydroxylation sites is 1. The normalized spacial score (nSPS) is 30.4. The van der Waals surface area contributed by atoms with Crippen molar-refractivity contribution in [3.8, 4) is 6.07 Å². The van der Waals surface area contributed by atoms with E-state index >= 15 is 0 Å². The minimum atomic E-state index is 0. The number of nitrogens with one attached hydrogen (secondary N) is 2. The standard InChI is InChI=1S/C22H31N5O.HI/c1-22(2)19(17-10-12-28-20(17)22)26-21(24-3)25-16-8-6-11-27(14-16)18-9-5-4-7-15(18)13-23;/h4-5,7,9,16-17,19-20H,6,8,10-12,14H2,1-3H3,(H2,24,25,26);1H. The average Bonchev–Trinajstić information content (AvgIpc) is 3.18. The lowest BCUT2D eigenvalue weighted by molar-refractivity contribution is -0.106. The van der Waals surface area contributed by atoms with Crippen LogP contribution in [0.15, 0.2) is 29.3 Å². The van der Waals surface area contributed by atoms with Gasteiger partial charge in [-0.15, -0.1) is 24.0 Å². The molecule has 2 heterocycles. The first-order valence-electron chi connectivity index (χ1n) is 10.4. The Morgan fingerprint density at radius 3 is 2.83 bits per heavy atom. The zero-order valence-corrected chi connectivity index (χ0v) is 19.8. The second-order valence-electron chi connectivity index (χ2n) is 8.82. The van der Waals surface area contributed by atoms with Gasteiger partial charge in [-0.05, 0) is 31.4 Å². The fourth-order valence-corrected chi connectivity index (χ4v) is 5.29. The second kappa shape index (κ2) is 9.09. The van der Waals surface area contributed by atoms with Crippen LogP contribution in [0.2, 0.25) is 0 Å². The summed E-state index contributed by atoms with van der Waals surface area (Å²) in [5.74, 6) is 1.46. The van der Waals surface area contributed by atoms with Crippen LogP contribution in [0.4, 0.5) is 5.69 Å². The van der Waals surface area contributed by atoms with Crippen molar-refractivity contribution in [1.29, 1.82) is 5.26 Å². The average molecular weight is 509 g/mol. The molecule has 1 saturated carbocycles. The van der Waals surface area contributed by atoms with Gasteiger partial charge in [0.15, 0.2) is 5.96 Å². The van der Waals surface area contributed by atoms with Gasteiger partial charge >= 0.3 is 0 Å². The fourth-order valence-electron chi connectivity index (χ4n) is 5.29. The number of benzene rings is 1. The van der Waals surface area contributed by atoms with Crippen molar-refractivity contribution in [3.05, 3.63) is 29.8 Å². The molecule has 0 bridgehead atoms. The Hall–Kier alpha value is -1.53. The van der Waals surface area contributed by atoms with E-state index < -0.39 is 0 Å². The predicted molar refractivity (Wildman–Crippen MR) is 127 cm³/mol. The van der Waals surface area contributed by atoms with Crippen LogP contribution in [0.5, 0.6) is 0 Å². The molecule has 1 aliphatic carbocycles. The van der Waals surface area contributed by atoms with E-state index in [9.17, 15) is 5.26 Å². The van der Waals surface area contributed by atoms with E-state index in [2.05, 4.69) is 40.4 Å². The Morgan fingerprint density at radius 2 is 2.07 bits per heavy atom. The minimum absolute atomic E-state index is 0. The summed E-state index contributed by atoms with van der Waals surface area (Å²) in [6.45, 7) is 7.30. The smallest absolute Gasteiger partial charge is 0.191 e. The van der Waals surface area contributed by atoms with Crippen molar-refractivity contribution in [2.75, 3.05) is 31.6 Å². The largest absolute Gasteiger partial charge is 0.377 e. The number of hydrogen-bond donors (Lipinski definition) is 2. The second-order valence-corrected chi connectivity index (χ2v) is 8.82. The van der Waals surface area contributed by atoms with Crippen molar-refractivity contribution in [2.45, 2.75) is 51.3 Å². The highest BCUT2D eigenvalue weighted by atomic mass is 127. The summed E-state index contributed by atoms with van der Waals surface area (Å²) in [6, 6.07) is 10.9. The Bertz CT molecular complexity index is 790. The third-order valence-electron chi connectivity index (χ3n) is 6.74. The quantitative estimate of drug-likeness (QED) is 0.372. The Labute approximate surface area is 191 Å². The molecule has 1 aromatic rings. The van der Waals surface area contributed by atoms with E-state index in [0.717, 1.165) is 56.2 Å². The SMILES string of the molecule is CN=C(NC1CCCN(c2ccccc2C#N)C1)NC1C2CCOC2C1(C)C.I. The zero-order chi connectivity index (χ0) is 19.7. The molecule has 1 aromatic carbocycles. The highest BCUT2D eigenvalue weighted by Crippen LogP contribution is 2.52. The highest BCUT2D eigenvalue weighted by molar-refractivity contribution is 14.0. The van der Waals surface area contributed by atoms with Gasteiger partial charge in [0.1, 0.15) is 6.07 Å². The number of guanidine groups is 1. The van der Waals surface area contributed by atoms with Gasteiger partial charge in [-0.3, -0.25) is 4.99 Å². The molecule has 2 saturated heterocycles. The maximum Gasteiger partial charge on any atom is 0.191 e. The van der Waals surface area contributed by atoms with Crippen LogP contribution in [0.25, 0.3) is 0 Å². The van der Waals surface area contributed by atoms with Crippen LogP contribution in [0.3, 0.4) is 0 Å². The van der Waals surface area contributed by atoms with Crippen molar-refractivity contribution >= 4 is 35.6 Å². The summed E-state index contributed by atoms with van der Waals surface area (Å²) in [5.41, 5.74) is 1.91. The molecule has 158 valence electrons. The molecular weight excluding hydrogens is 477 g/mol. The predicted octanol–water partition coefficient (Wildman–Crippen LogP) is 3.12. The molecular formula is C22H32IN5O. The van der Waals surface area contributed by atoms with E-state index in [4.69, 9.17) is 4.74 Å². The Balaban J connectivity index is 0.00000240. The lowest BCUT2D eigenvalue weighted by atomic mass is 9.57. The molecule has 0 amide bonds. The van der Waals surface area contributed by atoms with Gasteiger partial charge in [0, 0.05) is 50.2 Å². The number of fused-ring (bicyclic) bond motifs is 1. The first-order chi connectivity index (χ1) is 13.5. The topological polar surface area (TPSA) is 72.7 Å². The number of halogens is 1. The summed E-state index contributed by atoms with van der Waals surface area (Å²) in [7, 11) is 1.84. The Morgan fingerprint density at radius 1 is 1.28 bits per heavy atom. The number of anilines is 1. The first-order valence-corrected chi connectivity index (χ1v) is 10.4. The summed E-state index contributed by atoms with van der Waals surface area (Å²) in [5, 5.41) is 16.7. The number of nitriles is 1. The third kappa shape index (κ3) is 4.19. The number of piperidine rings is 1. The van der Waals surface area contributed by atoms with E-state index in [1.165, 1.54) is 0 Å². The van der Waals surface area contributed by atoms with Crippen LogP contribution in [-0.4, -0.2) is 50.9 Å². The van der Waals surface area contributed by atoms with Crippen LogP contribution in [0, 0.1) is 22.7 Å². The zero-order valence-electron chi connectivity index (χ0n) is 17.5. The molecule has 4 atom stereocenters. The summed E-state index contributed by atoms with van der Waals surface area (Å²) >= 11 is 0. The van der Waals surface area contributed by atoms with E-state index in [-0.39, 0.29) is 29.4 Å². The molecule has 3 fully saturated rings. The Kier molecular flexibility index (Phi) is 6.94. The van der Waals surface area contributed by atoms with E-state index in [1.807, 2.05) is 31.3 Å². The monoisotopic (exact) mass is 509 g/mol. The summed E-state index contributed by atoms with van der Waals surface area (Å²) < 4.78 is 5.91. The van der Waals surface area contributed by atoms with Crippen molar-refractivity contribution < 1.29 is 4.74 Å². The van der Waals surface area contributed by atoms with Crippen LogP contribution < -0.4 is 15.5 Å². The maximum atomic E-state index is 9.42. The van der Waals surface area contributed by atoms with Crippen molar-refractivity contribution in [1.82, 2.24) is 10.6 Å². The lowest BCUT2D eigenvalue weighted by Gasteiger charge is -2.55. The molecule has 29 heavy (non-hydrogen) atoms. The van der Waals surface area contributed by atoms with Gasteiger partial charge in [-0.25, -0.2) is 0 Å². The fraction of sp³-hybridized carbons (Fsp3) is 0.636. The van der Waals surface area contributed by atoms with E-state index in [1.54, 1.807) is 0 Å². The van der Waals surface area contributed by atoms with Gasteiger partial charge in [-0.1, -0.05) is 26.0 Å². The minimum Gasteiger partial charge on any atom is -0.377 e. The van der Waals surface area contributed by atoms with Crippen molar-refractivity contribution in [2.24, 2.45) is 16.3 Å². The van der Waals surface area contributed by atoms with Crippen LogP contribution >= 0.6 is 24.0 Å². The molecule has 2 aliphatic heterocycles. The lowest BCUT2D eigenvalue weighted by Crippen LogP contribution is -2.68. The molecule has 7 heteroatoms. The molecule has 0 radical (unpaired) electrons. The molecule has 0 spiro atoms. The molecule has 4 rings (SSSR count). The summed E-state index contributed by atoms with van der Waals surface area (Å²) in [6.07, 6.45) is 3.71. The molecule has 0 aromatic heterocycles.